The molecule has 0 bridgehead atoms. The van der Waals surface area contributed by atoms with E-state index < -0.39 is 17.5 Å². The first-order chi connectivity index (χ1) is 24.9. The van der Waals surface area contributed by atoms with Crippen LogP contribution in [0.1, 0.15) is 75.0 Å². The molecule has 1 unspecified atom stereocenters. The first-order valence-electron chi connectivity index (χ1n) is 18.0. The Morgan fingerprint density at radius 1 is 1.08 bits per heavy atom. The first kappa shape index (κ1) is 35.1. The maximum Gasteiger partial charge on any atom is 0.410 e. The van der Waals surface area contributed by atoms with Crippen molar-refractivity contribution >= 4 is 34.7 Å². The fourth-order valence-electron chi connectivity index (χ4n) is 7.39. The number of anilines is 1. The molecule has 16 heteroatoms. The Hall–Kier alpha value is -5.28. The van der Waals surface area contributed by atoms with Crippen molar-refractivity contribution in [3.8, 4) is 0 Å². The predicted octanol–water partition coefficient (Wildman–Crippen LogP) is 5.15. The number of urea groups is 2. The van der Waals surface area contributed by atoms with Gasteiger partial charge in [0.2, 0.25) is 0 Å². The number of aromatic nitrogens is 6. The highest BCUT2D eigenvalue weighted by Crippen LogP contribution is 2.30. The van der Waals surface area contributed by atoms with E-state index in [0.717, 1.165) is 40.4 Å². The van der Waals surface area contributed by atoms with Gasteiger partial charge in [-0.05, 0) is 93.3 Å². The summed E-state index contributed by atoms with van der Waals surface area (Å²) in [4.78, 5) is 46.1. The van der Waals surface area contributed by atoms with Crippen molar-refractivity contribution in [2.75, 3.05) is 31.5 Å². The summed E-state index contributed by atoms with van der Waals surface area (Å²) >= 11 is 0. The number of halogens is 1. The Morgan fingerprint density at radius 2 is 1.83 bits per heavy atom. The van der Waals surface area contributed by atoms with E-state index >= 15 is 0 Å². The smallest absolute Gasteiger partial charge is 0.410 e. The fourth-order valence-corrected chi connectivity index (χ4v) is 7.39. The zero-order chi connectivity index (χ0) is 36.6. The topological polar surface area (TPSA) is 167 Å². The zero-order valence-corrected chi connectivity index (χ0v) is 30.1. The van der Waals surface area contributed by atoms with Gasteiger partial charge in [-0.1, -0.05) is 18.2 Å². The van der Waals surface area contributed by atoms with Crippen LogP contribution in [0.3, 0.4) is 0 Å². The number of aryl methyl sites for hydroxylation is 1. The van der Waals surface area contributed by atoms with E-state index in [9.17, 15) is 18.8 Å². The molecule has 5 amide bonds. The number of hydrogen-bond acceptors (Lipinski definition) is 8. The number of tetrazole rings is 1. The molecule has 15 nitrogen and oxygen atoms in total. The number of carbonyl (C=O) groups is 3. The maximum absolute atomic E-state index is 14.3. The van der Waals surface area contributed by atoms with Crippen molar-refractivity contribution in [2.24, 2.45) is 5.92 Å². The highest BCUT2D eigenvalue weighted by molar-refractivity contribution is 5.92. The lowest BCUT2D eigenvalue weighted by atomic mass is 9.97. The second-order valence-electron chi connectivity index (χ2n) is 15.1. The summed E-state index contributed by atoms with van der Waals surface area (Å²) in [5.41, 5.74) is 3.43. The van der Waals surface area contributed by atoms with Gasteiger partial charge in [-0.25, -0.2) is 18.8 Å². The minimum Gasteiger partial charge on any atom is -0.444 e. The van der Waals surface area contributed by atoms with Crippen molar-refractivity contribution < 1.29 is 23.5 Å². The lowest BCUT2D eigenvalue weighted by Gasteiger charge is -2.40. The second-order valence-corrected chi connectivity index (χ2v) is 15.1. The number of aromatic amines is 1. The molecule has 0 aliphatic carbocycles. The van der Waals surface area contributed by atoms with Gasteiger partial charge in [-0.15, -0.1) is 10.2 Å². The molecule has 52 heavy (non-hydrogen) atoms. The SMILES string of the molecule is Cc1cc(CC(NC(=O)N2CCC(N3Cc4cccc(F)c4NC3=O)CC2)c2nnn(CC3CCN(C(=O)OC(C)(C)C)CC3)n2)cc2cn[nH]c12. The lowest BCUT2D eigenvalue weighted by molar-refractivity contribution is 0.0175. The van der Waals surface area contributed by atoms with Crippen LogP contribution < -0.4 is 10.6 Å². The van der Waals surface area contributed by atoms with Crippen molar-refractivity contribution in [2.45, 2.75) is 90.6 Å². The number of para-hydroxylation sites is 1. The number of H-pyrrole nitrogens is 1. The number of amides is 5. The molecule has 2 fully saturated rings. The van der Waals surface area contributed by atoms with E-state index in [2.05, 4.69) is 37.2 Å². The highest BCUT2D eigenvalue weighted by atomic mass is 19.1. The molecule has 2 aromatic heterocycles. The number of carbonyl (C=O) groups excluding carboxylic acids is 3. The lowest BCUT2D eigenvalue weighted by Crippen LogP contribution is -2.53. The molecule has 1 atom stereocenters. The molecule has 3 N–H and O–H groups in total. The van der Waals surface area contributed by atoms with Gasteiger partial charge in [0.15, 0.2) is 5.82 Å². The molecule has 2 saturated heterocycles. The fraction of sp³-hybridized carbons (Fsp3) is 0.528. The van der Waals surface area contributed by atoms with E-state index in [0.29, 0.717) is 64.4 Å². The highest BCUT2D eigenvalue weighted by Gasteiger charge is 2.35. The zero-order valence-electron chi connectivity index (χ0n) is 30.1. The Kier molecular flexibility index (Phi) is 9.72. The third-order valence-corrected chi connectivity index (χ3v) is 10.1. The van der Waals surface area contributed by atoms with E-state index in [-0.39, 0.29) is 35.8 Å². The van der Waals surface area contributed by atoms with Gasteiger partial charge in [0.1, 0.15) is 11.4 Å². The van der Waals surface area contributed by atoms with Gasteiger partial charge in [0.25, 0.3) is 0 Å². The average molecular weight is 716 g/mol. The number of piperidine rings is 2. The Bertz CT molecular complexity index is 1940. The number of rotatable bonds is 7. The summed E-state index contributed by atoms with van der Waals surface area (Å²) in [6.07, 6.45) is 4.69. The quantitative estimate of drug-likeness (QED) is 0.236. The Labute approximate surface area is 301 Å². The average Bonchev–Trinajstić information content (AvgIpc) is 3.78. The van der Waals surface area contributed by atoms with E-state index in [4.69, 9.17) is 9.84 Å². The van der Waals surface area contributed by atoms with E-state index in [1.807, 2.05) is 39.8 Å². The first-order valence-corrected chi connectivity index (χ1v) is 18.0. The van der Waals surface area contributed by atoms with Crippen LogP contribution in [0.2, 0.25) is 0 Å². The molecule has 3 aliphatic heterocycles. The summed E-state index contributed by atoms with van der Waals surface area (Å²) in [7, 11) is 0. The number of fused-ring (bicyclic) bond motifs is 2. The molecule has 0 saturated carbocycles. The third kappa shape index (κ3) is 7.79. The molecule has 5 heterocycles. The number of benzene rings is 2. The molecule has 2 aromatic carbocycles. The van der Waals surface area contributed by atoms with Crippen LogP contribution in [-0.4, -0.2) is 101 Å². The predicted molar refractivity (Wildman–Crippen MR) is 190 cm³/mol. The summed E-state index contributed by atoms with van der Waals surface area (Å²) in [6, 6.07) is 7.71. The number of nitrogens with one attached hydrogen (secondary N) is 3. The number of hydrogen-bond donors (Lipinski definition) is 3. The van der Waals surface area contributed by atoms with Gasteiger partial charge in [-0.3, -0.25) is 5.10 Å². The normalized spacial score (nSPS) is 17.9. The summed E-state index contributed by atoms with van der Waals surface area (Å²) in [5, 5.41) is 27.6. The van der Waals surface area contributed by atoms with Crippen LogP contribution in [0.5, 0.6) is 0 Å². The van der Waals surface area contributed by atoms with Crippen LogP contribution in [0.15, 0.2) is 36.5 Å². The maximum atomic E-state index is 14.3. The molecule has 3 aliphatic rings. The monoisotopic (exact) mass is 715 g/mol. The van der Waals surface area contributed by atoms with Crippen molar-refractivity contribution in [3.63, 3.8) is 0 Å². The molecule has 276 valence electrons. The Balaban J connectivity index is 1.00. The van der Waals surface area contributed by atoms with Crippen LogP contribution in [0.25, 0.3) is 10.9 Å². The van der Waals surface area contributed by atoms with Crippen molar-refractivity contribution in [3.05, 3.63) is 64.9 Å². The largest absolute Gasteiger partial charge is 0.444 e. The minimum absolute atomic E-state index is 0.0847. The standard InChI is InChI=1S/C36H46FN11O4/c1-22-16-24(17-26-19-38-41-30(22)26)18-29(32-42-44-48(43-32)20-23-8-12-46(13-9-23)35(51)52-36(2,3)4)39-33(49)45-14-10-27(11-15-45)47-21-25-6-5-7-28(37)31(25)40-34(47)50/h5-7,16-17,19,23,27,29H,8-15,18,20-21H2,1-4H3,(H,38,41)(H,39,49)(H,40,50). The number of ether oxygens (including phenoxy) is 1. The van der Waals surface area contributed by atoms with Crippen LogP contribution in [0.4, 0.5) is 24.5 Å². The summed E-state index contributed by atoms with van der Waals surface area (Å²) in [5.74, 6) is 0.229. The third-order valence-electron chi connectivity index (χ3n) is 10.1. The molecule has 0 radical (unpaired) electrons. The molecule has 7 rings (SSSR count). The molecular weight excluding hydrogens is 669 g/mol. The van der Waals surface area contributed by atoms with Gasteiger partial charge < -0.3 is 30.1 Å². The van der Waals surface area contributed by atoms with E-state index in [1.165, 1.54) is 6.07 Å². The van der Waals surface area contributed by atoms with Crippen LogP contribution >= 0.6 is 0 Å². The van der Waals surface area contributed by atoms with Gasteiger partial charge in [0, 0.05) is 50.6 Å². The number of likely N-dealkylation sites (tertiary alicyclic amines) is 2. The van der Waals surface area contributed by atoms with Crippen LogP contribution in [0, 0.1) is 18.7 Å². The van der Waals surface area contributed by atoms with E-state index in [1.54, 1.807) is 31.8 Å². The van der Waals surface area contributed by atoms with Gasteiger partial charge in [0.05, 0.1) is 30.0 Å². The summed E-state index contributed by atoms with van der Waals surface area (Å²) < 4.78 is 19.8. The van der Waals surface area contributed by atoms with Gasteiger partial charge in [-0.2, -0.15) is 9.90 Å². The van der Waals surface area contributed by atoms with Crippen molar-refractivity contribution in [1.82, 2.24) is 50.4 Å². The van der Waals surface area contributed by atoms with Crippen LogP contribution in [-0.2, 0) is 24.2 Å². The molecular formula is C36H46FN11O4. The minimum atomic E-state index is -0.559. The second kappa shape index (κ2) is 14.4. The van der Waals surface area contributed by atoms with Crippen molar-refractivity contribution in [1.29, 1.82) is 0 Å². The Morgan fingerprint density at radius 3 is 2.58 bits per heavy atom. The molecule has 0 spiro atoms. The van der Waals surface area contributed by atoms with Gasteiger partial charge >= 0.3 is 18.2 Å². The number of nitrogens with zero attached hydrogens (tertiary/aromatic N) is 8. The summed E-state index contributed by atoms with van der Waals surface area (Å²) in [6.45, 7) is 10.6. The molecule has 4 aromatic rings.